The van der Waals surface area contributed by atoms with Crippen LogP contribution in [-0.4, -0.2) is 59.5 Å². The highest BCUT2D eigenvalue weighted by Crippen LogP contribution is 2.54. The predicted molar refractivity (Wildman–Crippen MR) is 136 cm³/mol. The number of ketones is 1. The number of aliphatic hydroxyl groups is 1. The SMILES string of the molecule is CCCN1C(=O)C2(C(=C(O)c3ccc4c(c3)CC(C)O4)C(=O)C(=O)N2CC2CCCO2)c2ccccc21. The lowest BCUT2D eigenvalue weighted by molar-refractivity contribution is -0.145. The third-order valence-corrected chi connectivity index (χ3v) is 7.84. The number of fused-ring (bicyclic) bond motifs is 3. The Morgan fingerprint density at radius 2 is 1.97 bits per heavy atom. The Morgan fingerprint density at radius 1 is 1.16 bits per heavy atom. The highest BCUT2D eigenvalue weighted by Gasteiger charge is 2.67. The monoisotopic (exact) mass is 502 g/mol. The van der Waals surface area contributed by atoms with E-state index in [4.69, 9.17) is 9.47 Å². The van der Waals surface area contributed by atoms with E-state index in [2.05, 4.69) is 0 Å². The number of para-hydroxylation sites is 1. The van der Waals surface area contributed by atoms with Gasteiger partial charge in [0, 0.05) is 37.2 Å². The Kier molecular flexibility index (Phi) is 5.60. The van der Waals surface area contributed by atoms with E-state index < -0.39 is 23.1 Å². The van der Waals surface area contributed by atoms with Gasteiger partial charge < -0.3 is 24.4 Å². The van der Waals surface area contributed by atoms with E-state index >= 15 is 0 Å². The molecular weight excluding hydrogens is 472 g/mol. The zero-order valence-electron chi connectivity index (χ0n) is 21.0. The van der Waals surface area contributed by atoms with Crippen LogP contribution < -0.4 is 9.64 Å². The van der Waals surface area contributed by atoms with Crippen molar-refractivity contribution in [2.45, 2.75) is 57.3 Å². The molecule has 0 radical (unpaired) electrons. The number of benzene rings is 2. The van der Waals surface area contributed by atoms with Gasteiger partial charge in [-0.25, -0.2) is 0 Å². The summed E-state index contributed by atoms with van der Waals surface area (Å²) in [5.74, 6) is -1.67. The first-order valence-corrected chi connectivity index (χ1v) is 13.0. The summed E-state index contributed by atoms with van der Waals surface area (Å²) in [6, 6.07) is 12.5. The van der Waals surface area contributed by atoms with Crippen molar-refractivity contribution < 1.29 is 29.0 Å². The van der Waals surface area contributed by atoms with E-state index in [-0.39, 0.29) is 30.1 Å². The molecule has 1 spiro atoms. The Balaban J connectivity index is 1.59. The average Bonchev–Trinajstić information content (AvgIpc) is 3.64. The summed E-state index contributed by atoms with van der Waals surface area (Å²) in [6.45, 7) is 5.03. The van der Waals surface area contributed by atoms with Crippen molar-refractivity contribution in [2.75, 3.05) is 24.6 Å². The molecule has 2 fully saturated rings. The second-order valence-corrected chi connectivity index (χ2v) is 10.2. The van der Waals surface area contributed by atoms with Crippen LogP contribution in [-0.2, 0) is 31.1 Å². The molecular formula is C29H30N2O6. The Morgan fingerprint density at radius 3 is 2.73 bits per heavy atom. The molecule has 8 nitrogen and oxygen atoms in total. The minimum Gasteiger partial charge on any atom is -0.507 e. The molecule has 3 atom stereocenters. The molecule has 0 bridgehead atoms. The standard InChI is InChI=1S/C29H30N2O6/c1-3-12-30-22-9-5-4-8-21(22)29(28(30)35)24(26(33)27(34)31(29)16-20-7-6-13-36-20)25(32)18-10-11-23-19(15-18)14-17(2)37-23/h4-5,8-11,15,17,20,32H,3,6-7,12-14,16H2,1-2H3. The molecule has 1 N–H and O–H groups in total. The van der Waals surface area contributed by atoms with Gasteiger partial charge in [0.1, 0.15) is 17.6 Å². The molecule has 4 heterocycles. The van der Waals surface area contributed by atoms with Crippen LogP contribution in [0.4, 0.5) is 5.69 Å². The van der Waals surface area contributed by atoms with Gasteiger partial charge in [0.15, 0.2) is 5.54 Å². The molecule has 4 aliphatic heterocycles. The molecule has 6 rings (SSSR count). The molecule has 2 aromatic carbocycles. The number of rotatable bonds is 5. The van der Waals surface area contributed by atoms with Crippen molar-refractivity contribution in [1.29, 1.82) is 0 Å². The molecule has 0 saturated carbocycles. The number of ether oxygens (including phenoxy) is 2. The maximum atomic E-state index is 14.4. The predicted octanol–water partition coefficient (Wildman–Crippen LogP) is 3.52. The van der Waals surface area contributed by atoms with Crippen molar-refractivity contribution in [1.82, 2.24) is 4.90 Å². The van der Waals surface area contributed by atoms with E-state index in [9.17, 15) is 19.5 Å². The fraction of sp³-hybridized carbons (Fsp3) is 0.414. The molecule has 2 saturated heterocycles. The van der Waals surface area contributed by atoms with Gasteiger partial charge in [-0.2, -0.15) is 0 Å². The highest BCUT2D eigenvalue weighted by atomic mass is 16.5. The maximum absolute atomic E-state index is 14.4. The summed E-state index contributed by atoms with van der Waals surface area (Å²) >= 11 is 0. The van der Waals surface area contributed by atoms with Crippen LogP contribution in [0.1, 0.15) is 49.8 Å². The smallest absolute Gasteiger partial charge is 0.296 e. The van der Waals surface area contributed by atoms with Crippen LogP contribution in [0.3, 0.4) is 0 Å². The quantitative estimate of drug-likeness (QED) is 0.382. The van der Waals surface area contributed by atoms with Crippen LogP contribution in [0.15, 0.2) is 48.0 Å². The molecule has 2 aromatic rings. The van der Waals surface area contributed by atoms with Crippen LogP contribution in [0.2, 0.25) is 0 Å². The van der Waals surface area contributed by atoms with Gasteiger partial charge in [-0.3, -0.25) is 14.4 Å². The first-order chi connectivity index (χ1) is 17.9. The lowest BCUT2D eigenvalue weighted by Gasteiger charge is -2.35. The summed E-state index contributed by atoms with van der Waals surface area (Å²) in [6.07, 6.45) is 2.67. The number of nitrogens with zero attached hydrogens (tertiary/aromatic N) is 2. The Labute approximate surface area is 215 Å². The molecule has 192 valence electrons. The number of carbonyl (C=O) groups excluding carboxylic acids is 3. The molecule has 0 aliphatic carbocycles. The third-order valence-electron chi connectivity index (χ3n) is 7.84. The van der Waals surface area contributed by atoms with Crippen molar-refractivity contribution in [2.24, 2.45) is 0 Å². The van der Waals surface area contributed by atoms with Crippen molar-refractivity contribution >= 4 is 29.0 Å². The van der Waals surface area contributed by atoms with Gasteiger partial charge in [-0.15, -0.1) is 0 Å². The fourth-order valence-electron chi connectivity index (χ4n) is 6.27. The topological polar surface area (TPSA) is 96.4 Å². The first kappa shape index (κ1) is 23.7. The van der Waals surface area contributed by atoms with Gasteiger partial charge in [0.05, 0.1) is 17.4 Å². The highest BCUT2D eigenvalue weighted by molar-refractivity contribution is 6.50. The van der Waals surface area contributed by atoms with E-state index in [1.165, 1.54) is 4.90 Å². The number of hydrogen-bond donors (Lipinski definition) is 1. The van der Waals surface area contributed by atoms with Crippen LogP contribution in [0.5, 0.6) is 5.75 Å². The van der Waals surface area contributed by atoms with E-state index in [0.29, 0.717) is 42.8 Å². The molecule has 8 heteroatoms. The Bertz CT molecular complexity index is 1340. The number of anilines is 1. The minimum atomic E-state index is -1.75. The normalized spacial score (nSPS) is 27.8. The number of Topliss-reactive ketones (excluding diaryl/α,β-unsaturated/α-hetero) is 1. The lowest BCUT2D eigenvalue weighted by atomic mass is 9.81. The zero-order valence-corrected chi connectivity index (χ0v) is 21.0. The average molecular weight is 503 g/mol. The minimum absolute atomic E-state index is 0.00821. The molecule has 2 amide bonds. The largest absolute Gasteiger partial charge is 0.507 e. The van der Waals surface area contributed by atoms with E-state index in [1.807, 2.05) is 26.0 Å². The Hall–Kier alpha value is -3.65. The lowest BCUT2D eigenvalue weighted by Crippen LogP contribution is -2.53. The number of carbonyl (C=O) groups is 3. The van der Waals surface area contributed by atoms with Crippen molar-refractivity contribution in [3.63, 3.8) is 0 Å². The number of hydrogen-bond acceptors (Lipinski definition) is 6. The van der Waals surface area contributed by atoms with Gasteiger partial charge in [0.2, 0.25) is 0 Å². The maximum Gasteiger partial charge on any atom is 0.296 e. The summed E-state index contributed by atoms with van der Waals surface area (Å²) < 4.78 is 11.6. The van der Waals surface area contributed by atoms with Crippen molar-refractivity contribution in [3.8, 4) is 5.75 Å². The number of amides is 2. The van der Waals surface area contributed by atoms with Crippen molar-refractivity contribution in [3.05, 3.63) is 64.7 Å². The van der Waals surface area contributed by atoms with E-state index in [0.717, 1.165) is 24.2 Å². The molecule has 37 heavy (non-hydrogen) atoms. The molecule has 3 unspecified atom stereocenters. The van der Waals surface area contributed by atoms with E-state index in [1.54, 1.807) is 35.2 Å². The van der Waals surface area contributed by atoms with Crippen LogP contribution in [0.25, 0.3) is 5.76 Å². The van der Waals surface area contributed by atoms with Gasteiger partial charge in [0.25, 0.3) is 17.6 Å². The second-order valence-electron chi connectivity index (χ2n) is 10.2. The van der Waals surface area contributed by atoms with Gasteiger partial charge >= 0.3 is 0 Å². The molecule has 0 aromatic heterocycles. The summed E-state index contributed by atoms with van der Waals surface area (Å²) in [5, 5.41) is 11.7. The number of aliphatic hydroxyl groups excluding tert-OH is 1. The van der Waals surface area contributed by atoms with Crippen LogP contribution in [0, 0.1) is 0 Å². The third kappa shape index (κ3) is 3.35. The summed E-state index contributed by atoms with van der Waals surface area (Å²) in [5.41, 5.74) is 0.535. The fourth-order valence-corrected chi connectivity index (χ4v) is 6.27. The van der Waals surface area contributed by atoms with Gasteiger partial charge in [-0.05, 0) is 56.0 Å². The first-order valence-electron chi connectivity index (χ1n) is 13.0. The van der Waals surface area contributed by atoms with Crippen LogP contribution >= 0.6 is 0 Å². The summed E-state index contributed by atoms with van der Waals surface area (Å²) in [7, 11) is 0. The number of likely N-dealkylation sites (tertiary alicyclic amines) is 1. The molecule has 4 aliphatic rings. The zero-order chi connectivity index (χ0) is 25.9. The second kappa shape index (κ2) is 8.73. The van der Waals surface area contributed by atoms with Gasteiger partial charge in [-0.1, -0.05) is 25.1 Å². The summed E-state index contributed by atoms with van der Waals surface area (Å²) in [4.78, 5) is 44.8.